The van der Waals surface area contributed by atoms with E-state index in [-0.39, 0.29) is 0 Å². The van der Waals surface area contributed by atoms with Crippen LogP contribution in [0.4, 0.5) is 0 Å². The van der Waals surface area contributed by atoms with E-state index >= 15 is 0 Å². The van der Waals surface area contributed by atoms with Gasteiger partial charge in [-0.3, -0.25) is 0 Å². The quantitative estimate of drug-likeness (QED) is 0.172. The first kappa shape index (κ1) is 32.0. The fourth-order valence-corrected chi connectivity index (χ4v) is 8.48. The molecule has 0 bridgehead atoms. The SMILES string of the molecule is c1ccc(-c2cc(-c3cccc(-c4cc(-c5cccc(-c6ccc7c(c6)-c6cccc8cccc-7c68)c5)cc5ccccc45)c3)nc(-c3ccccc3)n2)cc1. The Morgan fingerprint density at radius 3 is 1.57 bits per heavy atom. The number of fused-ring (bicyclic) bond motifs is 4. The van der Waals surface area contributed by atoms with Crippen molar-refractivity contribution in [3.8, 4) is 89.5 Å². The van der Waals surface area contributed by atoms with Crippen molar-refractivity contribution in [3.05, 3.63) is 206 Å². The molecule has 11 rings (SSSR count). The highest BCUT2D eigenvalue weighted by Gasteiger charge is 2.21. The summed E-state index contributed by atoms with van der Waals surface area (Å²) < 4.78 is 0. The molecule has 0 radical (unpaired) electrons. The minimum Gasteiger partial charge on any atom is -0.228 e. The van der Waals surface area contributed by atoms with Crippen molar-refractivity contribution in [1.29, 1.82) is 0 Å². The number of hydrogen-bond donors (Lipinski definition) is 0. The molecule has 1 aliphatic carbocycles. The molecule has 0 amide bonds. The maximum atomic E-state index is 5.13. The Morgan fingerprint density at radius 1 is 0.250 bits per heavy atom. The zero-order valence-corrected chi connectivity index (χ0v) is 30.5. The molecule has 56 heavy (non-hydrogen) atoms. The Bertz CT molecular complexity index is 3060. The first-order valence-corrected chi connectivity index (χ1v) is 19.1. The van der Waals surface area contributed by atoms with E-state index in [0.717, 1.165) is 33.6 Å². The van der Waals surface area contributed by atoms with Crippen LogP contribution in [0.1, 0.15) is 0 Å². The van der Waals surface area contributed by atoms with E-state index < -0.39 is 0 Å². The molecular weight excluding hydrogens is 677 g/mol. The summed E-state index contributed by atoms with van der Waals surface area (Å²) in [5.74, 6) is 0.713. The second kappa shape index (κ2) is 13.2. The number of hydrogen-bond acceptors (Lipinski definition) is 2. The highest BCUT2D eigenvalue weighted by molar-refractivity contribution is 6.15. The molecule has 0 spiro atoms. The highest BCUT2D eigenvalue weighted by atomic mass is 14.9. The van der Waals surface area contributed by atoms with Crippen LogP contribution in [0.3, 0.4) is 0 Å². The van der Waals surface area contributed by atoms with Gasteiger partial charge in [-0.1, -0.05) is 170 Å². The van der Waals surface area contributed by atoms with Gasteiger partial charge in [-0.25, -0.2) is 9.97 Å². The molecule has 0 saturated carbocycles. The summed E-state index contributed by atoms with van der Waals surface area (Å²) in [5, 5.41) is 5.08. The van der Waals surface area contributed by atoms with Gasteiger partial charge in [-0.05, 0) is 114 Å². The molecule has 0 unspecified atom stereocenters. The number of rotatable bonds is 6. The first-order valence-electron chi connectivity index (χ1n) is 19.1. The van der Waals surface area contributed by atoms with Gasteiger partial charge in [-0.15, -0.1) is 0 Å². The van der Waals surface area contributed by atoms with Crippen LogP contribution in [0.5, 0.6) is 0 Å². The maximum Gasteiger partial charge on any atom is 0.160 e. The molecular formula is C54H34N2. The van der Waals surface area contributed by atoms with Crippen molar-refractivity contribution in [3.63, 3.8) is 0 Å². The molecule has 9 aromatic carbocycles. The van der Waals surface area contributed by atoms with Crippen LogP contribution in [0.15, 0.2) is 206 Å². The van der Waals surface area contributed by atoms with Crippen LogP contribution in [0.2, 0.25) is 0 Å². The smallest absolute Gasteiger partial charge is 0.160 e. The van der Waals surface area contributed by atoms with Gasteiger partial charge in [0.1, 0.15) is 0 Å². The van der Waals surface area contributed by atoms with Gasteiger partial charge >= 0.3 is 0 Å². The fraction of sp³-hybridized carbons (Fsp3) is 0. The lowest BCUT2D eigenvalue weighted by molar-refractivity contribution is 1.18. The van der Waals surface area contributed by atoms with Crippen molar-refractivity contribution in [2.24, 2.45) is 0 Å². The summed E-state index contributed by atoms with van der Waals surface area (Å²) in [6, 6.07) is 74.1. The second-order valence-corrected chi connectivity index (χ2v) is 14.6. The summed E-state index contributed by atoms with van der Waals surface area (Å²) in [5.41, 5.74) is 17.3. The van der Waals surface area contributed by atoms with Crippen molar-refractivity contribution in [2.75, 3.05) is 0 Å². The Morgan fingerprint density at radius 2 is 0.786 bits per heavy atom. The van der Waals surface area contributed by atoms with Gasteiger partial charge in [0.05, 0.1) is 11.4 Å². The molecule has 0 saturated heterocycles. The second-order valence-electron chi connectivity index (χ2n) is 14.6. The third-order valence-corrected chi connectivity index (χ3v) is 11.2. The lowest BCUT2D eigenvalue weighted by atomic mass is 9.90. The van der Waals surface area contributed by atoms with Gasteiger partial charge < -0.3 is 0 Å². The summed E-state index contributed by atoms with van der Waals surface area (Å²) >= 11 is 0. The fourth-order valence-electron chi connectivity index (χ4n) is 8.48. The number of nitrogens with zero attached hydrogens (tertiary/aromatic N) is 2. The molecule has 0 atom stereocenters. The summed E-state index contributed by atoms with van der Waals surface area (Å²) in [6.45, 7) is 0. The van der Waals surface area contributed by atoms with E-state index in [9.17, 15) is 0 Å². The van der Waals surface area contributed by atoms with E-state index in [0.29, 0.717) is 5.82 Å². The minimum atomic E-state index is 0.713. The molecule has 260 valence electrons. The Labute approximate surface area is 326 Å². The van der Waals surface area contributed by atoms with Gasteiger partial charge in [0, 0.05) is 16.7 Å². The molecule has 1 heterocycles. The van der Waals surface area contributed by atoms with Crippen molar-refractivity contribution >= 4 is 21.5 Å². The average Bonchev–Trinajstić information content (AvgIpc) is 3.60. The molecule has 2 heteroatoms. The maximum absolute atomic E-state index is 5.13. The summed E-state index contributed by atoms with van der Waals surface area (Å²) in [7, 11) is 0. The Hall–Kier alpha value is -7.42. The van der Waals surface area contributed by atoms with E-state index in [1.54, 1.807) is 0 Å². The topological polar surface area (TPSA) is 25.8 Å². The molecule has 0 N–H and O–H groups in total. The minimum absolute atomic E-state index is 0.713. The first-order chi connectivity index (χ1) is 27.7. The van der Waals surface area contributed by atoms with E-state index in [1.807, 2.05) is 24.3 Å². The highest BCUT2D eigenvalue weighted by Crippen LogP contribution is 2.48. The molecule has 1 aliphatic rings. The molecule has 0 aliphatic heterocycles. The van der Waals surface area contributed by atoms with Crippen LogP contribution in [0, 0.1) is 0 Å². The van der Waals surface area contributed by atoms with Gasteiger partial charge in [-0.2, -0.15) is 0 Å². The normalized spacial score (nSPS) is 11.6. The molecule has 10 aromatic rings. The largest absolute Gasteiger partial charge is 0.228 e. The predicted molar refractivity (Wildman–Crippen MR) is 234 cm³/mol. The standard InChI is InChI=1S/C54H34N2/c1-3-13-35(14-4-1)51-34-52(56-54(55-51)37-15-5-2-6-16-37)43-23-10-22-42(30-43)49-33-44(31-41-17-7-8-24-45(41)49)39-21-9-20-38(29-39)40-27-28-46-47-25-11-18-36-19-12-26-48(53(36)47)50(46)32-40/h1-34H. The third-order valence-electron chi connectivity index (χ3n) is 11.2. The summed E-state index contributed by atoms with van der Waals surface area (Å²) in [6.07, 6.45) is 0. The molecule has 1 aromatic heterocycles. The van der Waals surface area contributed by atoms with E-state index in [1.165, 1.54) is 71.6 Å². The molecule has 2 nitrogen and oxygen atoms in total. The third kappa shape index (κ3) is 5.51. The molecule has 0 fully saturated rings. The van der Waals surface area contributed by atoms with Crippen LogP contribution in [-0.4, -0.2) is 9.97 Å². The zero-order chi connectivity index (χ0) is 37.0. The van der Waals surface area contributed by atoms with Crippen molar-refractivity contribution in [1.82, 2.24) is 9.97 Å². The lowest BCUT2D eigenvalue weighted by Crippen LogP contribution is -1.96. The van der Waals surface area contributed by atoms with E-state index in [4.69, 9.17) is 9.97 Å². The number of aromatic nitrogens is 2. The van der Waals surface area contributed by atoms with Crippen molar-refractivity contribution in [2.45, 2.75) is 0 Å². The van der Waals surface area contributed by atoms with Crippen LogP contribution >= 0.6 is 0 Å². The van der Waals surface area contributed by atoms with Crippen LogP contribution in [-0.2, 0) is 0 Å². The van der Waals surface area contributed by atoms with Gasteiger partial charge in [0.25, 0.3) is 0 Å². The monoisotopic (exact) mass is 710 g/mol. The Kier molecular flexibility index (Phi) is 7.53. The zero-order valence-electron chi connectivity index (χ0n) is 30.5. The number of benzene rings is 9. The van der Waals surface area contributed by atoms with E-state index in [2.05, 4.69) is 182 Å². The van der Waals surface area contributed by atoms with Crippen LogP contribution < -0.4 is 0 Å². The summed E-state index contributed by atoms with van der Waals surface area (Å²) in [4.78, 5) is 10.2. The Balaban J connectivity index is 1.01. The predicted octanol–water partition coefficient (Wildman–Crippen LogP) is 14.4. The lowest BCUT2D eigenvalue weighted by Gasteiger charge is -2.14. The van der Waals surface area contributed by atoms with Crippen molar-refractivity contribution < 1.29 is 0 Å². The van der Waals surface area contributed by atoms with Gasteiger partial charge in [0.15, 0.2) is 5.82 Å². The van der Waals surface area contributed by atoms with Crippen LogP contribution in [0.25, 0.3) is 111 Å². The average molecular weight is 711 g/mol. The van der Waals surface area contributed by atoms with Gasteiger partial charge in [0.2, 0.25) is 0 Å².